The smallest absolute Gasteiger partial charge is 0.411 e. The molecule has 1 N–H and O–H groups in total. The van der Waals surface area contributed by atoms with E-state index in [4.69, 9.17) is 16.0 Å². The van der Waals surface area contributed by atoms with Gasteiger partial charge < -0.3 is 9.73 Å². The maximum atomic E-state index is 12.8. The molecule has 0 saturated heterocycles. The predicted molar refractivity (Wildman–Crippen MR) is 95.5 cm³/mol. The molecule has 140 valence electrons. The molecule has 1 heterocycles. The Hall–Kier alpha value is -2.52. The number of alkyl halides is 3. The van der Waals surface area contributed by atoms with Crippen LogP contribution in [-0.2, 0) is 11.0 Å². The highest BCUT2D eigenvalue weighted by atomic mass is 35.5. The van der Waals surface area contributed by atoms with Crippen LogP contribution in [0.4, 0.5) is 18.9 Å². The van der Waals surface area contributed by atoms with Gasteiger partial charge in [0.15, 0.2) is 0 Å². The highest BCUT2D eigenvalue weighted by Gasteiger charge is 2.33. The lowest BCUT2D eigenvalue weighted by atomic mass is 10.2. The van der Waals surface area contributed by atoms with Crippen molar-refractivity contribution < 1.29 is 22.4 Å². The van der Waals surface area contributed by atoms with E-state index in [0.29, 0.717) is 5.89 Å². The minimum atomic E-state index is -4.61. The summed E-state index contributed by atoms with van der Waals surface area (Å²) in [5.74, 6) is -0.318. The third-order valence-electron chi connectivity index (χ3n) is 3.31. The average Bonchev–Trinajstić information content (AvgIpc) is 3.10. The molecule has 0 radical (unpaired) electrons. The van der Waals surface area contributed by atoms with Gasteiger partial charge in [-0.3, -0.25) is 4.79 Å². The third kappa shape index (κ3) is 5.01. The second kappa shape index (κ2) is 8.01. The topological polar surface area (TPSA) is 68.0 Å². The Morgan fingerprint density at radius 3 is 2.59 bits per heavy atom. The fraction of sp³-hybridized carbons (Fsp3) is 0.118. The molecule has 0 unspecified atom stereocenters. The number of amides is 1. The summed E-state index contributed by atoms with van der Waals surface area (Å²) in [4.78, 5) is 12.0. The molecule has 10 heteroatoms. The van der Waals surface area contributed by atoms with Crippen LogP contribution in [0.25, 0.3) is 11.5 Å². The van der Waals surface area contributed by atoms with Crippen LogP contribution in [0.1, 0.15) is 5.56 Å². The SMILES string of the molecule is O=C(CSc1nnc(-c2ccccc2)o1)Nc1ccc(Cl)c(C(F)(F)F)c1. The quantitative estimate of drug-likeness (QED) is 0.586. The van der Waals surface area contributed by atoms with Crippen LogP contribution < -0.4 is 5.32 Å². The zero-order valence-corrected chi connectivity index (χ0v) is 15.0. The molecule has 27 heavy (non-hydrogen) atoms. The number of hydrogen-bond acceptors (Lipinski definition) is 5. The van der Waals surface area contributed by atoms with Gasteiger partial charge in [-0.2, -0.15) is 13.2 Å². The fourth-order valence-electron chi connectivity index (χ4n) is 2.11. The van der Waals surface area contributed by atoms with Crippen LogP contribution in [0.2, 0.25) is 5.02 Å². The number of nitrogens with one attached hydrogen (secondary N) is 1. The number of nitrogens with zero attached hydrogens (tertiary/aromatic N) is 2. The Kier molecular flexibility index (Phi) is 5.71. The first-order valence-electron chi connectivity index (χ1n) is 7.51. The van der Waals surface area contributed by atoms with Crippen molar-refractivity contribution in [1.82, 2.24) is 10.2 Å². The van der Waals surface area contributed by atoms with E-state index in [1.165, 1.54) is 6.07 Å². The fourth-order valence-corrected chi connectivity index (χ4v) is 2.90. The van der Waals surface area contributed by atoms with Crippen molar-refractivity contribution in [1.29, 1.82) is 0 Å². The van der Waals surface area contributed by atoms with Crippen LogP contribution >= 0.6 is 23.4 Å². The summed E-state index contributed by atoms with van der Waals surface area (Å²) in [5, 5.41) is 9.84. The monoisotopic (exact) mass is 413 g/mol. The molecule has 0 aliphatic heterocycles. The zero-order valence-electron chi connectivity index (χ0n) is 13.5. The lowest BCUT2D eigenvalue weighted by Crippen LogP contribution is -2.15. The number of thioether (sulfide) groups is 1. The number of hydrogen-bond donors (Lipinski definition) is 1. The van der Waals surface area contributed by atoms with Crippen molar-refractivity contribution in [3.8, 4) is 11.5 Å². The van der Waals surface area contributed by atoms with Gasteiger partial charge >= 0.3 is 6.18 Å². The van der Waals surface area contributed by atoms with Crippen LogP contribution in [0, 0.1) is 0 Å². The molecular weight excluding hydrogens is 403 g/mol. The summed E-state index contributed by atoms with van der Waals surface area (Å²) in [5.41, 5.74) is -0.283. The van der Waals surface area contributed by atoms with Gasteiger partial charge in [-0.15, -0.1) is 10.2 Å². The molecule has 0 aliphatic carbocycles. The van der Waals surface area contributed by atoms with Crippen molar-refractivity contribution in [2.45, 2.75) is 11.4 Å². The molecule has 0 saturated carbocycles. The van der Waals surface area contributed by atoms with Crippen molar-refractivity contribution >= 4 is 35.0 Å². The highest BCUT2D eigenvalue weighted by Crippen LogP contribution is 2.36. The summed E-state index contributed by atoms with van der Waals surface area (Å²) in [7, 11) is 0. The molecule has 0 bridgehead atoms. The molecular formula is C17H11ClF3N3O2S. The lowest BCUT2D eigenvalue weighted by Gasteiger charge is -2.11. The molecule has 1 aromatic heterocycles. The largest absolute Gasteiger partial charge is 0.417 e. The first-order valence-corrected chi connectivity index (χ1v) is 8.87. The van der Waals surface area contributed by atoms with Gasteiger partial charge in [-0.25, -0.2) is 0 Å². The summed E-state index contributed by atoms with van der Waals surface area (Å²) < 4.78 is 44.0. The van der Waals surface area contributed by atoms with Crippen molar-refractivity contribution in [3.63, 3.8) is 0 Å². The molecule has 0 aliphatic rings. The van der Waals surface area contributed by atoms with Crippen molar-refractivity contribution in [2.24, 2.45) is 0 Å². The number of anilines is 1. The number of carbonyl (C=O) groups excluding carboxylic acids is 1. The summed E-state index contributed by atoms with van der Waals surface area (Å²) in [6.45, 7) is 0. The summed E-state index contributed by atoms with van der Waals surface area (Å²) in [6, 6.07) is 12.2. The number of halogens is 4. The normalized spacial score (nSPS) is 11.4. The molecule has 0 fully saturated rings. The van der Waals surface area contributed by atoms with Gasteiger partial charge in [0.2, 0.25) is 11.8 Å². The first-order chi connectivity index (χ1) is 12.8. The van der Waals surface area contributed by atoms with E-state index >= 15 is 0 Å². The molecule has 2 aromatic carbocycles. The van der Waals surface area contributed by atoms with Gasteiger partial charge in [-0.05, 0) is 30.3 Å². The predicted octanol–water partition coefficient (Wildman–Crippen LogP) is 5.14. The minimum Gasteiger partial charge on any atom is -0.411 e. The summed E-state index contributed by atoms with van der Waals surface area (Å²) >= 11 is 6.52. The van der Waals surface area contributed by atoms with E-state index in [9.17, 15) is 18.0 Å². The maximum absolute atomic E-state index is 12.8. The molecule has 1 amide bonds. The third-order valence-corrected chi connectivity index (χ3v) is 4.46. The van der Waals surface area contributed by atoms with Gasteiger partial charge in [0, 0.05) is 11.3 Å². The van der Waals surface area contributed by atoms with Crippen LogP contribution in [-0.4, -0.2) is 21.9 Å². The Labute approximate surface area is 160 Å². The van der Waals surface area contributed by atoms with Crippen LogP contribution in [0.5, 0.6) is 0 Å². The standard InChI is InChI=1S/C17H11ClF3N3O2S/c18-13-7-6-11(8-12(13)17(19,20)21)22-14(25)9-27-16-24-23-15(26-16)10-4-2-1-3-5-10/h1-8H,9H2,(H,22,25). The number of rotatable bonds is 5. The number of benzene rings is 2. The lowest BCUT2D eigenvalue weighted by molar-refractivity contribution is -0.137. The van der Waals surface area contributed by atoms with Gasteiger partial charge in [0.25, 0.3) is 5.22 Å². The van der Waals surface area contributed by atoms with E-state index in [0.717, 1.165) is 29.5 Å². The second-order valence-corrected chi connectivity index (χ2v) is 6.60. The van der Waals surface area contributed by atoms with Gasteiger partial charge in [-0.1, -0.05) is 41.6 Å². The number of aromatic nitrogens is 2. The molecule has 0 spiro atoms. The Morgan fingerprint density at radius 2 is 1.89 bits per heavy atom. The molecule has 3 aromatic rings. The Bertz CT molecular complexity index is 948. The molecule has 0 atom stereocenters. The van der Waals surface area contributed by atoms with E-state index in [1.807, 2.05) is 18.2 Å². The van der Waals surface area contributed by atoms with Crippen LogP contribution in [0.15, 0.2) is 58.2 Å². The minimum absolute atomic E-state index is 0.00664. The zero-order chi connectivity index (χ0) is 19.4. The van der Waals surface area contributed by atoms with E-state index in [1.54, 1.807) is 12.1 Å². The van der Waals surface area contributed by atoms with Crippen molar-refractivity contribution in [2.75, 3.05) is 11.1 Å². The Balaban J connectivity index is 1.60. The average molecular weight is 414 g/mol. The Morgan fingerprint density at radius 1 is 1.15 bits per heavy atom. The van der Waals surface area contributed by atoms with E-state index < -0.39 is 22.7 Å². The number of carbonyl (C=O) groups is 1. The van der Waals surface area contributed by atoms with Crippen LogP contribution in [0.3, 0.4) is 0 Å². The van der Waals surface area contributed by atoms with Crippen molar-refractivity contribution in [3.05, 3.63) is 59.1 Å². The molecule has 3 rings (SSSR count). The van der Waals surface area contributed by atoms with Gasteiger partial charge in [0.1, 0.15) is 0 Å². The second-order valence-electron chi connectivity index (χ2n) is 5.27. The van der Waals surface area contributed by atoms with E-state index in [-0.39, 0.29) is 16.7 Å². The summed E-state index contributed by atoms with van der Waals surface area (Å²) in [6.07, 6.45) is -4.61. The maximum Gasteiger partial charge on any atom is 0.417 e. The van der Waals surface area contributed by atoms with E-state index in [2.05, 4.69) is 15.5 Å². The highest BCUT2D eigenvalue weighted by molar-refractivity contribution is 7.99. The van der Waals surface area contributed by atoms with Gasteiger partial charge in [0.05, 0.1) is 16.3 Å². The first kappa shape index (κ1) is 19.2. The molecule has 5 nitrogen and oxygen atoms in total.